The zero-order valence-corrected chi connectivity index (χ0v) is 21.4. The van der Waals surface area contributed by atoms with E-state index >= 15 is 0 Å². The lowest BCUT2D eigenvalue weighted by atomic mass is 9.92. The highest BCUT2D eigenvalue weighted by atomic mass is 32.1. The minimum Gasteiger partial charge on any atom is -0.497 e. The van der Waals surface area contributed by atoms with Crippen LogP contribution in [-0.2, 0) is 10.2 Å². The summed E-state index contributed by atoms with van der Waals surface area (Å²) in [7, 11) is 1.62. The number of thiophene rings is 1. The van der Waals surface area contributed by atoms with Crippen molar-refractivity contribution in [2.75, 3.05) is 25.5 Å². The van der Waals surface area contributed by atoms with Gasteiger partial charge in [0.1, 0.15) is 18.1 Å². The van der Waals surface area contributed by atoms with Crippen LogP contribution in [0.15, 0.2) is 47.8 Å². The normalized spacial score (nSPS) is 11.3. The van der Waals surface area contributed by atoms with E-state index in [0.717, 1.165) is 36.4 Å². The Morgan fingerprint density at radius 1 is 1.15 bits per heavy atom. The molecule has 0 radical (unpaired) electrons. The van der Waals surface area contributed by atoms with Crippen LogP contribution < -0.4 is 10.1 Å². The number of unbranched alkanes of at least 4 members (excludes halogenated alkanes) is 2. The third-order valence-corrected chi connectivity index (χ3v) is 6.31. The fraction of sp³-hybridized carbons (Fsp3) is 0.423. The molecule has 0 saturated carbocycles. The first-order valence-corrected chi connectivity index (χ1v) is 12.5. The summed E-state index contributed by atoms with van der Waals surface area (Å²) in [5.74, 6) is 0.946. The number of nitrogens with one attached hydrogen (secondary N) is 1. The van der Waals surface area contributed by atoms with Gasteiger partial charge >= 0.3 is 0 Å². The summed E-state index contributed by atoms with van der Waals surface area (Å²) in [6, 6.07) is 13.0. The Hall–Kier alpha value is -3.13. The van der Waals surface area contributed by atoms with E-state index in [4.69, 9.17) is 9.84 Å². The second-order valence-corrected chi connectivity index (χ2v) is 10.2. The van der Waals surface area contributed by atoms with Gasteiger partial charge in [-0.3, -0.25) is 9.59 Å². The summed E-state index contributed by atoms with van der Waals surface area (Å²) in [6.07, 6.45) is 2.91. The van der Waals surface area contributed by atoms with Gasteiger partial charge in [-0.05, 0) is 42.1 Å². The molecular weight excluding hydrogens is 448 g/mol. The van der Waals surface area contributed by atoms with Crippen molar-refractivity contribution in [2.45, 2.75) is 52.4 Å². The molecule has 1 N–H and O–H groups in total. The monoisotopic (exact) mass is 482 g/mol. The predicted molar refractivity (Wildman–Crippen MR) is 137 cm³/mol. The molecule has 3 rings (SSSR count). The van der Waals surface area contributed by atoms with Crippen molar-refractivity contribution in [1.82, 2.24) is 14.7 Å². The van der Waals surface area contributed by atoms with Crippen LogP contribution in [0, 0.1) is 0 Å². The van der Waals surface area contributed by atoms with E-state index in [1.165, 1.54) is 11.3 Å². The van der Waals surface area contributed by atoms with E-state index in [9.17, 15) is 9.59 Å². The van der Waals surface area contributed by atoms with E-state index in [2.05, 4.69) is 33.0 Å². The third kappa shape index (κ3) is 6.47. The van der Waals surface area contributed by atoms with Crippen LogP contribution in [-0.4, -0.2) is 46.7 Å². The quantitative estimate of drug-likeness (QED) is 0.387. The van der Waals surface area contributed by atoms with E-state index in [1.54, 1.807) is 22.8 Å². The van der Waals surface area contributed by atoms with E-state index in [0.29, 0.717) is 17.2 Å². The van der Waals surface area contributed by atoms with Crippen molar-refractivity contribution in [3.05, 3.63) is 58.4 Å². The van der Waals surface area contributed by atoms with Crippen LogP contribution >= 0.6 is 11.3 Å². The fourth-order valence-electron chi connectivity index (χ4n) is 3.47. The van der Waals surface area contributed by atoms with Gasteiger partial charge in [0.25, 0.3) is 5.91 Å². The Kier molecular flexibility index (Phi) is 8.50. The average Bonchev–Trinajstić information content (AvgIpc) is 3.48. The number of carbonyl (C=O) groups excluding carboxylic acids is 2. The first-order valence-electron chi connectivity index (χ1n) is 11.6. The molecule has 0 aliphatic rings. The van der Waals surface area contributed by atoms with E-state index < -0.39 is 0 Å². The van der Waals surface area contributed by atoms with Crippen LogP contribution in [0.3, 0.4) is 0 Å². The number of carbonyl (C=O) groups is 2. The van der Waals surface area contributed by atoms with Crippen molar-refractivity contribution in [3.8, 4) is 11.4 Å². The molecule has 2 heterocycles. The molecule has 182 valence electrons. The number of aromatic nitrogens is 2. The Morgan fingerprint density at radius 2 is 1.88 bits per heavy atom. The highest BCUT2D eigenvalue weighted by Crippen LogP contribution is 2.27. The second-order valence-electron chi connectivity index (χ2n) is 9.23. The van der Waals surface area contributed by atoms with Gasteiger partial charge in [0.05, 0.1) is 23.4 Å². The van der Waals surface area contributed by atoms with Crippen molar-refractivity contribution in [1.29, 1.82) is 0 Å². The molecule has 0 aliphatic heterocycles. The first-order chi connectivity index (χ1) is 16.2. The van der Waals surface area contributed by atoms with Gasteiger partial charge in [0, 0.05) is 18.0 Å². The molecule has 0 unspecified atom stereocenters. The SMILES string of the molecule is CCCCCN(CC(=O)Nc1cc(C(C)(C)C)nn1-c1ccc(OC)cc1)C(=O)c1cccs1. The maximum Gasteiger partial charge on any atom is 0.264 e. The zero-order valence-electron chi connectivity index (χ0n) is 20.6. The lowest BCUT2D eigenvalue weighted by molar-refractivity contribution is -0.116. The maximum atomic E-state index is 13.1. The van der Waals surface area contributed by atoms with Gasteiger partial charge in [-0.25, -0.2) is 4.68 Å². The average molecular weight is 483 g/mol. The summed E-state index contributed by atoms with van der Waals surface area (Å²) >= 11 is 1.39. The zero-order chi connectivity index (χ0) is 24.7. The number of rotatable bonds is 10. The molecule has 3 aromatic rings. The molecule has 0 bridgehead atoms. The molecule has 2 aromatic heterocycles. The molecule has 0 aliphatic carbocycles. The summed E-state index contributed by atoms with van der Waals surface area (Å²) in [6.45, 7) is 8.88. The minimum absolute atomic E-state index is 0.0148. The molecule has 0 spiro atoms. The van der Waals surface area contributed by atoms with Crippen molar-refractivity contribution in [2.24, 2.45) is 0 Å². The largest absolute Gasteiger partial charge is 0.497 e. The van der Waals surface area contributed by atoms with Gasteiger partial charge in [-0.1, -0.05) is 46.6 Å². The molecular formula is C26H34N4O3S. The summed E-state index contributed by atoms with van der Waals surface area (Å²) in [4.78, 5) is 28.4. The number of methoxy groups -OCH3 is 1. The number of benzene rings is 1. The van der Waals surface area contributed by atoms with Crippen LogP contribution in [0.1, 0.15) is 62.3 Å². The molecule has 34 heavy (non-hydrogen) atoms. The molecule has 2 amide bonds. The summed E-state index contributed by atoms with van der Waals surface area (Å²) in [5, 5.41) is 9.62. The van der Waals surface area contributed by atoms with Gasteiger partial charge in [0.15, 0.2) is 0 Å². The van der Waals surface area contributed by atoms with E-state index in [1.807, 2.05) is 41.8 Å². The fourth-order valence-corrected chi connectivity index (χ4v) is 4.16. The van der Waals surface area contributed by atoms with Crippen molar-refractivity contribution >= 4 is 29.0 Å². The molecule has 0 fully saturated rings. The molecule has 1 aromatic carbocycles. The first kappa shape index (κ1) is 25.5. The number of ether oxygens (including phenoxy) is 1. The Morgan fingerprint density at radius 3 is 2.47 bits per heavy atom. The van der Waals surface area contributed by atoms with E-state index in [-0.39, 0.29) is 23.8 Å². The van der Waals surface area contributed by atoms with Crippen LogP contribution in [0.2, 0.25) is 0 Å². The van der Waals surface area contributed by atoms with Gasteiger partial charge in [0.2, 0.25) is 5.91 Å². The van der Waals surface area contributed by atoms with Gasteiger partial charge < -0.3 is 15.0 Å². The Balaban J connectivity index is 1.83. The highest BCUT2D eigenvalue weighted by molar-refractivity contribution is 7.12. The number of nitrogens with zero attached hydrogens (tertiary/aromatic N) is 3. The van der Waals surface area contributed by atoms with Gasteiger partial charge in [-0.2, -0.15) is 5.10 Å². The molecule has 7 nitrogen and oxygen atoms in total. The highest BCUT2D eigenvalue weighted by Gasteiger charge is 2.23. The Labute approximate surface area is 205 Å². The lowest BCUT2D eigenvalue weighted by Crippen LogP contribution is -2.38. The Bertz CT molecular complexity index is 1080. The van der Waals surface area contributed by atoms with Gasteiger partial charge in [-0.15, -0.1) is 11.3 Å². The number of anilines is 1. The molecule has 0 atom stereocenters. The third-order valence-electron chi connectivity index (χ3n) is 5.45. The van der Waals surface area contributed by atoms with Crippen molar-refractivity contribution in [3.63, 3.8) is 0 Å². The smallest absolute Gasteiger partial charge is 0.264 e. The standard InChI is InChI=1S/C26H34N4O3S/c1-6-7-8-15-29(25(32)21-10-9-16-34-21)18-24(31)27-23-17-22(26(2,3)4)28-30(23)19-11-13-20(33-5)14-12-19/h9-14,16-17H,6-8,15,18H2,1-5H3,(H,27,31). The summed E-state index contributed by atoms with van der Waals surface area (Å²) < 4.78 is 6.98. The molecule has 8 heteroatoms. The molecule has 0 saturated heterocycles. The van der Waals surface area contributed by atoms with Crippen LogP contribution in [0.5, 0.6) is 5.75 Å². The van der Waals surface area contributed by atoms with Crippen molar-refractivity contribution < 1.29 is 14.3 Å². The van der Waals surface area contributed by atoms with Crippen LogP contribution in [0.4, 0.5) is 5.82 Å². The second kappa shape index (κ2) is 11.3. The number of hydrogen-bond donors (Lipinski definition) is 1. The number of amides is 2. The van der Waals surface area contributed by atoms with Crippen LogP contribution in [0.25, 0.3) is 5.69 Å². The minimum atomic E-state index is -0.253. The summed E-state index contributed by atoms with van der Waals surface area (Å²) in [5.41, 5.74) is 1.47. The predicted octanol–water partition coefficient (Wildman–Crippen LogP) is 5.51. The maximum absolute atomic E-state index is 13.1. The number of hydrogen-bond acceptors (Lipinski definition) is 5. The lowest BCUT2D eigenvalue weighted by Gasteiger charge is -2.21. The topological polar surface area (TPSA) is 76.5 Å².